The van der Waals surface area contributed by atoms with Gasteiger partial charge in [0.1, 0.15) is 0 Å². The number of methoxy groups -OCH3 is 2. The van der Waals surface area contributed by atoms with Crippen molar-refractivity contribution >= 4 is 0 Å². The molecule has 0 bridgehead atoms. The molecule has 2 heteroatoms. The predicted octanol–water partition coefficient (Wildman–Crippen LogP) is 3.53. The summed E-state index contributed by atoms with van der Waals surface area (Å²) in [5, 5.41) is 0. The molecular formula is C14H24O2. The van der Waals surface area contributed by atoms with Crippen molar-refractivity contribution in [2.45, 2.75) is 51.7 Å². The lowest BCUT2D eigenvalue weighted by Crippen LogP contribution is -2.12. The van der Waals surface area contributed by atoms with Gasteiger partial charge < -0.3 is 9.47 Å². The minimum absolute atomic E-state index is 0.0816. The summed E-state index contributed by atoms with van der Waals surface area (Å²) in [7, 11) is 3.33. The molecule has 0 spiro atoms. The van der Waals surface area contributed by atoms with Crippen molar-refractivity contribution in [1.82, 2.24) is 0 Å². The van der Waals surface area contributed by atoms with Gasteiger partial charge in [-0.15, -0.1) is 0 Å². The topological polar surface area (TPSA) is 18.5 Å². The summed E-state index contributed by atoms with van der Waals surface area (Å²) in [4.78, 5) is 0. The monoisotopic (exact) mass is 224 g/mol. The van der Waals surface area contributed by atoms with Gasteiger partial charge in [-0.05, 0) is 25.3 Å². The lowest BCUT2D eigenvalue weighted by molar-refractivity contribution is -0.106. The Morgan fingerprint density at radius 1 is 1.19 bits per heavy atom. The Morgan fingerprint density at radius 2 is 1.94 bits per heavy atom. The molecule has 16 heavy (non-hydrogen) atoms. The highest BCUT2D eigenvalue weighted by molar-refractivity contribution is 5.14. The van der Waals surface area contributed by atoms with Gasteiger partial charge in [-0.3, -0.25) is 0 Å². The van der Waals surface area contributed by atoms with Crippen molar-refractivity contribution in [3.05, 3.63) is 12.2 Å². The second-order valence-corrected chi connectivity index (χ2v) is 3.66. The zero-order valence-corrected chi connectivity index (χ0v) is 10.8. The maximum atomic E-state index is 5.09. The van der Waals surface area contributed by atoms with Gasteiger partial charge in [0.05, 0.1) is 0 Å². The van der Waals surface area contributed by atoms with E-state index in [9.17, 15) is 0 Å². The van der Waals surface area contributed by atoms with Crippen LogP contribution in [0.1, 0.15) is 45.4 Å². The standard InChI is InChI=1S/C14H24O2/c1-4-5-6-7-8-9-10-11-12-13-14(15-2)16-3/h7-8,14H,4-6,11-13H2,1-3H3/b8-7+. The van der Waals surface area contributed by atoms with Crippen molar-refractivity contribution in [2.75, 3.05) is 14.2 Å². The Labute approximate surface area is 100 Å². The van der Waals surface area contributed by atoms with E-state index in [1.807, 2.05) is 6.08 Å². The third kappa shape index (κ3) is 9.76. The van der Waals surface area contributed by atoms with E-state index in [4.69, 9.17) is 9.47 Å². The molecule has 0 aliphatic rings. The fraction of sp³-hybridized carbons (Fsp3) is 0.714. The van der Waals surface area contributed by atoms with E-state index in [1.54, 1.807) is 14.2 Å². The maximum absolute atomic E-state index is 5.09. The Balaban J connectivity index is 3.43. The minimum Gasteiger partial charge on any atom is -0.356 e. The molecule has 0 fully saturated rings. The fourth-order valence-corrected chi connectivity index (χ4v) is 1.28. The van der Waals surface area contributed by atoms with E-state index in [2.05, 4.69) is 24.8 Å². The molecule has 0 aromatic rings. The van der Waals surface area contributed by atoms with Crippen LogP contribution in [0.5, 0.6) is 0 Å². The van der Waals surface area contributed by atoms with E-state index in [1.165, 1.54) is 12.8 Å². The molecule has 92 valence electrons. The molecule has 0 radical (unpaired) electrons. The fourth-order valence-electron chi connectivity index (χ4n) is 1.28. The highest BCUT2D eigenvalue weighted by Crippen LogP contribution is 2.03. The van der Waals surface area contributed by atoms with Crippen molar-refractivity contribution in [1.29, 1.82) is 0 Å². The average molecular weight is 224 g/mol. The van der Waals surface area contributed by atoms with Gasteiger partial charge >= 0.3 is 0 Å². The Morgan fingerprint density at radius 3 is 2.56 bits per heavy atom. The number of ether oxygens (including phenoxy) is 2. The lowest BCUT2D eigenvalue weighted by atomic mass is 10.2. The summed E-state index contributed by atoms with van der Waals surface area (Å²) in [5.41, 5.74) is 0. The van der Waals surface area contributed by atoms with Crippen molar-refractivity contribution in [2.24, 2.45) is 0 Å². The molecule has 0 aromatic carbocycles. The lowest BCUT2D eigenvalue weighted by Gasteiger charge is -2.11. The first-order chi connectivity index (χ1) is 7.85. The molecule has 0 saturated carbocycles. The van der Waals surface area contributed by atoms with Crippen molar-refractivity contribution in [3.8, 4) is 11.8 Å². The largest absolute Gasteiger partial charge is 0.356 e. The molecule has 0 saturated heterocycles. The van der Waals surface area contributed by atoms with Crippen LogP contribution < -0.4 is 0 Å². The van der Waals surface area contributed by atoms with Gasteiger partial charge in [-0.25, -0.2) is 0 Å². The summed E-state index contributed by atoms with van der Waals surface area (Å²) in [6.45, 7) is 2.20. The molecule has 0 N–H and O–H groups in total. The van der Waals surface area contributed by atoms with Crippen LogP contribution in [0, 0.1) is 11.8 Å². The second kappa shape index (κ2) is 12.3. The zero-order chi connectivity index (χ0) is 12.1. The number of hydrogen-bond acceptors (Lipinski definition) is 2. The quantitative estimate of drug-likeness (QED) is 0.357. The molecule has 0 unspecified atom stereocenters. The molecule has 0 aromatic heterocycles. The summed E-state index contributed by atoms with van der Waals surface area (Å²) >= 11 is 0. The number of unbranched alkanes of at least 4 members (excludes halogenated alkanes) is 3. The van der Waals surface area contributed by atoms with Crippen LogP contribution in [0.15, 0.2) is 12.2 Å². The molecule has 0 heterocycles. The van der Waals surface area contributed by atoms with E-state index in [0.717, 1.165) is 25.7 Å². The van der Waals surface area contributed by atoms with Crippen LogP contribution in [-0.4, -0.2) is 20.5 Å². The van der Waals surface area contributed by atoms with Crippen LogP contribution in [-0.2, 0) is 9.47 Å². The van der Waals surface area contributed by atoms with Gasteiger partial charge in [-0.2, -0.15) is 0 Å². The Hall–Kier alpha value is -0.780. The van der Waals surface area contributed by atoms with Gasteiger partial charge in [0.2, 0.25) is 0 Å². The summed E-state index contributed by atoms with van der Waals surface area (Å²) < 4.78 is 10.2. The Bertz CT molecular complexity index is 219. The van der Waals surface area contributed by atoms with Crippen LogP contribution >= 0.6 is 0 Å². The molecule has 0 aliphatic carbocycles. The van der Waals surface area contributed by atoms with Gasteiger partial charge in [0, 0.05) is 20.6 Å². The van der Waals surface area contributed by atoms with Crippen LogP contribution in [0.3, 0.4) is 0 Å². The summed E-state index contributed by atoms with van der Waals surface area (Å²) in [6, 6.07) is 0. The summed E-state index contributed by atoms with van der Waals surface area (Å²) in [6.07, 6.45) is 10.5. The first-order valence-corrected chi connectivity index (χ1v) is 6.04. The highest BCUT2D eigenvalue weighted by Gasteiger charge is 2.02. The van der Waals surface area contributed by atoms with Gasteiger partial charge in [-0.1, -0.05) is 37.7 Å². The van der Waals surface area contributed by atoms with E-state index in [0.29, 0.717) is 0 Å². The van der Waals surface area contributed by atoms with Gasteiger partial charge in [0.25, 0.3) is 0 Å². The first kappa shape index (κ1) is 15.2. The number of allylic oxidation sites excluding steroid dienone is 2. The molecule has 0 aliphatic heterocycles. The predicted molar refractivity (Wildman–Crippen MR) is 68.1 cm³/mol. The minimum atomic E-state index is -0.0816. The number of rotatable bonds is 8. The number of hydrogen-bond donors (Lipinski definition) is 0. The molecule has 0 atom stereocenters. The first-order valence-electron chi connectivity index (χ1n) is 6.04. The molecule has 0 rings (SSSR count). The molecule has 0 amide bonds. The van der Waals surface area contributed by atoms with Crippen LogP contribution in [0.25, 0.3) is 0 Å². The third-order valence-corrected chi connectivity index (χ3v) is 2.29. The van der Waals surface area contributed by atoms with Gasteiger partial charge in [0.15, 0.2) is 6.29 Å². The van der Waals surface area contributed by atoms with E-state index in [-0.39, 0.29) is 6.29 Å². The van der Waals surface area contributed by atoms with Crippen LogP contribution in [0.2, 0.25) is 0 Å². The molecule has 2 nitrogen and oxygen atoms in total. The average Bonchev–Trinajstić information content (AvgIpc) is 2.32. The second-order valence-electron chi connectivity index (χ2n) is 3.66. The third-order valence-electron chi connectivity index (χ3n) is 2.29. The van der Waals surface area contributed by atoms with Crippen LogP contribution in [0.4, 0.5) is 0 Å². The maximum Gasteiger partial charge on any atom is 0.156 e. The zero-order valence-electron chi connectivity index (χ0n) is 10.8. The summed E-state index contributed by atoms with van der Waals surface area (Å²) in [5.74, 6) is 6.16. The Kier molecular flexibility index (Phi) is 11.7. The SMILES string of the molecule is CCCC/C=C/C#CCCCC(OC)OC. The van der Waals surface area contributed by atoms with Crippen molar-refractivity contribution < 1.29 is 9.47 Å². The normalized spacial score (nSPS) is 10.8. The van der Waals surface area contributed by atoms with E-state index < -0.39 is 0 Å². The van der Waals surface area contributed by atoms with Crippen molar-refractivity contribution in [3.63, 3.8) is 0 Å². The molecular weight excluding hydrogens is 200 g/mol. The van der Waals surface area contributed by atoms with E-state index >= 15 is 0 Å². The highest BCUT2D eigenvalue weighted by atomic mass is 16.7. The smallest absolute Gasteiger partial charge is 0.156 e.